The van der Waals surface area contributed by atoms with Crippen molar-refractivity contribution in [2.75, 3.05) is 25.0 Å². The van der Waals surface area contributed by atoms with E-state index in [0.717, 1.165) is 18.8 Å². The summed E-state index contributed by atoms with van der Waals surface area (Å²) in [5.41, 5.74) is 0.842. The molecule has 20 heavy (non-hydrogen) atoms. The summed E-state index contributed by atoms with van der Waals surface area (Å²) >= 11 is 0. The number of rotatable bonds is 4. The molecule has 1 fully saturated rings. The highest BCUT2D eigenvalue weighted by atomic mass is 16.5. The minimum absolute atomic E-state index is 0.0854. The second-order valence-corrected chi connectivity index (χ2v) is 5.77. The number of nitrogens with zero attached hydrogens (tertiary/aromatic N) is 2. The molecule has 2 heterocycles. The summed E-state index contributed by atoms with van der Waals surface area (Å²) in [5, 5.41) is 6.66. The van der Waals surface area contributed by atoms with Crippen molar-refractivity contribution in [2.24, 2.45) is 0 Å². The molecule has 6 heteroatoms. The van der Waals surface area contributed by atoms with Gasteiger partial charge in [-0.3, -0.25) is 15.0 Å². The summed E-state index contributed by atoms with van der Waals surface area (Å²) in [4.78, 5) is 14.1. The first-order chi connectivity index (χ1) is 9.44. The van der Waals surface area contributed by atoms with Crippen LogP contribution in [0.15, 0.2) is 10.6 Å². The number of amides is 1. The van der Waals surface area contributed by atoms with Crippen LogP contribution in [0.1, 0.15) is 39.3 Å². The van der Waals surface area contributed by atoms with Crippen LogP contribution in [0.3, 0.4) is 0 Å². The van der Waals surface area contributed by atoms with Crippen LogP contribution in [0.25, 0.3) is 0 Å². The molecule has 1 N–H and O–H groups in total. The molecule has 0 radical (unpaired) electrons. The largest absolute Gasteiger partial charge is 0.373 e. The molecule has 0 spiro atoms. The van der Waals surface area contributed by atoms with E-state index in [1.54, 1.807) is 6.07 Å². The fraction of sp³-hybridized carbons (Fsp3) is 0.714. The van der Waals surface area contributed by atoms with Crippen molar-refractivity contribution in [3.05, 3.63) is 11.8 Å². The third-order valence-electron chi connectivity index (χ3n) is 3.24. The minimum atomic E-state index is -0.0854. The third kappa shape index (κ3) is 4.05. The molecule has 0 aromatic carbocycles. The third-order valence-corrected chi connectivity index (χ3v) is 3.24. The molecule has 1 aliphatic heterocycles. The van der Waals surface area contributed by atoms with Gasteiger partial charge in [-0.2, -0.15) is 0 Å². The van der Waals surface area contributed by atoms with Crippen LogP contribution in [-0.2, 0) is 9.53 Å². The van der Waals surface area contributed by atoms with Gasteiger partial charge in [0.1, 0.15) is 0 Å². The summed E-state index contributed by atoms with van der Waals surface area (Å²) in [6.07, 6.45) is 0.314. The highest BCUT2D eigenvalue weighted by molar-refractivity contribution is 5.90. The molecule has 1 aliphatic rings. The van der Waals surface area contributed by atoms with Gasteiger partial charge in [0.15, 0.2) is 0 Å². The Balaban J connectivity index is 1.85. The summed E-state index contributed by atoms with van der Waals surface area (Å²) < 4.78 is 10.7. The summed E-state index contributed by atoms with van der Waals surface area (Å²) in [6, 6.07) is 1.77. The molecular weight excluding hydrogens is 258 g/mol. The van der Waals surface area contributed by atoms with Crippen molar-refractivity contribution < 1.29 is 14.1 Å². The molecule has 0 saturated carbocycles. The van der Waals surface area contributed by atoms with E-state index < -0.39 is 0 Å². The predicted molar refractivity (Wildman–Crippen MR) is 75.7 cm³/mol. The highest BCUT2D eigenvalue weighted by Crippen LogP contribution is 2.17. The Morgan fingerprint density at radius 2 is 2.10 bits per heavy atom. The van der Waals surface area contributed by atoms with Gasteiger partial charge >= 0.3 is 0 Å². The number of hydrogen-bond donors (Lipinski definition) is 1. The number of hydrogen-bond acceptors (Lipinski definition) is 5. The van der Waals surface area contributed by atoms with Gasteiger partial charge in [0.2, 0.25) is 11.8 Å². The van der Waals surface area contributed by atoms with Gasteiger partial charge in [-0.1, -0.05) is 19.0 Å². The average Bonchev–Trinajstić information content (AvgIpc) is 2.75. The van der Waals surface area contributed by atoms with Gasteiger partial charge in [0.05, 0.1) is 24.4 Å². The first kappa shape index (κ1) is 15.0. The zero-order chi connectivity index (χ0) is 14.7. The average molecular weight is 281 g/mol. The molecule has 1 aromatic heterocycles. The first-order valence-electron chi connectivity index (χ1n) is 7.08. The van der Waals surface area contributed by atoms with Crippen LogP contribution in [0, 0.1) is 0 Å². The van der Waals surface area contributed by atoms with E-state index in [4.69, 9.17) is 9.26 Å². The van der Waals surface area contributed by atoms with Crippen LogP contribution >= 0.6 is 0 Å². The monoisotopic (exact) mass is 281 g/mol. The van der Waals surface area contributed by atoms with Crippen LogP contribution in [0.2, 0.25) is 0 Å². The molecule has 112 valence electrons. The number of morpholine rings is 1. The summed E-state index contributed by atoms with van der Waals surface area (Å²) in [6.45, 7) is 9.98. The number of aromatic nitrogens is 1. The van der Waals surface area contributed by atoms with E-state index in [0.29, 0.717) is 12.4 Å². The van der Waals surface area contributed by atoms with Gasteiger partial charge in [0, 0.05) is 19.2 Å². The molecule has 2 rings (SSSR count). The highest BCUT2D eigenvalue weighted by Gasteiger charge is 2.24. The lowest BCUT2D eigenvalue weighted by molar-refractivity contribution is -0.121. The molecule has 0 bridgehead atoms. The smallest absolute Gasteiger partial charge is 0.240 e. The van der Waals surface area contributed by atoms with E-state index in [-0.39, 0.29) is 24.0 Å². The van der Waals surface area contributed by atoms with Crippen LogP contribution in [0.5, 0.6) is 0 Å². The van der Waals surface area contributed by atoms with Gasteiger partial charge in [-0.05, 0) is 19.8 Å². The van der Waals surface area contributed by atoms with Gasteiger partial charge in [-0.15, -0.1) is 0 Å². The van der Waals surface area contributed by atoms with E-state index in [2.05, 4.69) is 15.4 Å². The Kier molecular flexibility index (Phi) is 4.77. The van der Waals surface area contributed by atoms with Gasteiger partial charge < -0.3 is 9.26 Å². The number of ether oxygens (including phenoxy) is 1. The van der Waals surface area contributed by atoms with E-state index in [1.165, 1.54) is 0 Å². The Labute approximate surface area is 119 Å². The van der Waals surface area contributed by atoms with Gasteiger partial charge in [0.25, 0.3) is 0 Å². The normalized spacial score (nSPS) is 24.1. The SMILES string of the molecule is CC(C)c1cc(NC(=O)CN2C[C@@H](C)O[C@@H](C)C2)on1. The molecule has 1 saturated heterocycles. The molecule has 6 nitrogen and oxygen atoms in total. The van der Waals surface area contributed by atoms with Crippen LogP contribution in [0.4, 0.5) is 5.88 Å². The Morgan fingerprint density at radius 1 is 1.45 bits per heavy atom. The zero-order valence-corrected chi connectivity index (χ0v) is 12.5. The maximum Gasteiger partial charge on any atom is 0.240 e. The summed E-state index contributed by atoms with van der Waals surface area (Å²) in [7, 11) is 0. The lowest BCUT2D eigenvalue weighted by atomic mass is 10.1. The number of nitrogens with one attached hydrogen (secondary N) is 1. The Morgan fingerprint density at radius 3 is 2.65 bits per heavy atom. The van der Waals surface area contributed by atoms with Crippen molar-refractivity contribution in [2.45, 2.75) is 45.8 Å². The Bertz CT molecular complexity index is 448. The van der Waals surface area contributed by atoms with E-state index >= 15 is 0 Å². The number of anilines is 1. The molecular formula is C14H23N3O3. The fourth-order valence-corrected chi connectivity index (χ4v) is 2.41. The molecule has 1 aromatic rings. The standard InChI is InChI=1S/C14H23N3O3/c1-9(2)12-5-14(20-16-12)15-13(18)8-17-6-10(3)19-11(4)7-17/h5,9-11H,6-8H2,1-4H3,(H,15,18)/t10-,11+. The lowest BCUT2D eigenvalue weighted by Crippen LogP contribution is -2.48. The van der Waals surface area contributed by atoms with E-state index in [9.17, 15) is 4.79 Å². The maximum atomic E-state index is 12.0. The van der Waals surface area contributed by atoms with Crippen molar-refractivity contribution in [3.8, 4) is 0 Å². The summed E-state index contributed by atoms with van der Waals surface area (Å²) in [5.74, 6) is 0.608. The van der Waals surface area contributed by atoms with Gasteiger partial charge in [-0.25, -0.2) is 0 Å². The molecule has 0 unspecified atom stereocenters. The molecule has 1 amide bonds. The maximum absolute atomic E-state index is 12.0. The van der Waals surface area contributed by atoms with Crippen molar-refractivity contribution in [1.82, 2.24) is 10.1 Å². The number of carbonyl (C=O) groups is 1. The van der Waals surface area contributed by atoms with Crippen LogP contribution in [-0.4, -0.2) is 47.8 Å². The number of carbonyl (C=O) groups excluding carboxylic acids is 1. The molecule has 2 atom stereocenters. The lowest BCUT2D eigenvalue weighted by Gasteiger charge is -2.34. The second kappa shape index (κ2) is 6.37. The van der Waals surface area contributed by atoms with E-state index in [1.807, 2.05) is 27.7 Å². The molecule has 0 aliphatic carbocycles. The quantitative estimate of drug-likeness (QED) is 0.912. The first-order valence-corrected chi connectivity index (χ1v) is 7.08. The predicted octanol–water partition coefficient (Wildman–Crippen LogP) is 1.85. The topological polar surface area (TPSA) is 67.6 Å². The zero-order valence-electron chi connectivity index (χ0n) is 12.5. The van der Waals surface area contributed by atoms with Crippen molar-refractivity contribution in [3.63, 3.8) is 0 Å². The van der Waals surface area contributed by atoms with Crippen molar-refractivity contribution in [1.29, 1.82) is 0 Å². The van der Waals surface area contributed by atoms with Crippen LogP contribution < -0.4 is 5.32 Å². The Hall–Kier alpha value is -1.40. The second-order valence-electron chi connectivity index (χ2n) is 5.77. The fourth-order valence-electron chi connectivity index (χ4n) is 2.41. The minimum Gasteiger partial charge on any atom is -0.373 e. The van der Waals surface area contributed by atoms with Crippen molar-refractivity contribution >= 4 is 11.8 Å².